The highest BCUT2D eigenvalue weighted by Gasteiger charge is 2.28. The van der Waals surface area contributed by atoms with Gasteiger partial charge in [0, 0.05) is 0 Å². The highest BCUT2D eigenvalue weighted by molar-refractivity contribution is 5.64. The number of halogens is 3. The molecule has 15 heavy (non-hydrogen) atoms. The maximum atomic E-state index is 11.1. The van der Waals surface area contributed by atoms with Crippen molar-refractivity contribution in [2.24, 2.45) is 5.73 Å². The van der Waals surface area contributed by atoms with Crippen molar-refractivity contribution in [2.45, 2.75) is 25.4 Å². The van der Waals surface area contributed by atoms with Crippen LogP contribution >= 0.6 is 0 Å². The maximum absolute atomic E-state index is 11.1. The van der Waals surface area contributed by atoms with E-state index in [0.29, 0.717) is 0 Å². The Morgan fingerprint density at radius 2 is 1.80 bits per heavy atom. The zero-order valence-electron chi connectivity index (χ0n) is 8.27. The molecule has 0 bridgehead atoms. The van der Waals surface area contributed by atoms with Crippen molar-refractivity contribution < 1.29 is 22.7 Å². The van der Waals surface area contributed by atoms with E-state index < -0.39 is 18.9 Å². The molecule has 1 amide bonds. The summed E-state index contributed by atoms with van der Waals surface area (Å²) in [6.07, 6.45) is -1.70. The maximum Gasteiger partial charge on any atom is 0.422 e. The van der Waals surface area contributed by atoms with Gasteiger partial charge in [0.15, 0.2) is 6.61 Å². The van der Waals surface area contributed by atoms with E-state index in [1.165, 1.54) is 32.4 Å². The molecule has 4 nitrogen and oxygen atoms in total. The van der Waals surface area contributed by atoms with E-state index in [1.54, 1.807) is 0 Å². The molecule has 0 aliphatic carbocycles. The van der Waals surface area contributed by atoms with Crippen molar-refractivity contribution in [1.82, 2.24) is 5.32 Å². The molecule has 0 radical (unpaired) electrons. The van der Waals surface area contributed by atoms with E-state index in [0.717, 1.165) is 0 Å². The smallest absolute Gasteiger partial charge is 0.422 e. The number of hydrogen-bond acceptors (Lipinski definition) is 3. The van der Waals surface area contributed by atoms with Crippen LogP contribution in [0.1, 0.15) is 19.3 Å². The van der Waals surface area contributed by atoms with Crippen LogP contribution in [0.2, 0.25) is 0 Å². The van der Waals surface area contributed by atoms with Crippen molar-refractivity contribution in [3.05, 3.63) is 0 Å². The fraction of sp³-hybridized carbons (Fsp3) is 0.875. The first-order valence-corrected chi connectivity index (χ1v) is 4.61. The number of nitrogens with one attached hydrogen (secondary N) is 1. The summed E-state index contributed by atoms with van der Waals surface area (Å²) in [4.78, 5) is 9.55. The molecular formula is C8H15F3N2O2. The van der Waals surface area contributed by atoms with E-state index in [-0.39, 0.29) is 0 Å². The van der Waals surface area contributed by atoms with E-state index in [4.69, 9.17) is 0 Å². The van der Waals surface area contributed by atoms with Crippen LogP contribution in [0.25, 0.3) is 0 Å². The van der Waals surface area contributed by atoms with Gasteiger partial charge in [-0.05, 0) is 25.9 Å². The molecule has 3 N–H and O–H groups in total. The van der Waals surface area contributed by atoms with Gasteiger partial charge in [-0.2, -0.15) is 13.2 Å². The number of hydrogen-bond donors (Lipinski definition) is 2. The number of rotatable bonds is 1. The number of nitrogens with two attached hydrogens (primary N) is 1. The van der Waals surface area contributed by atoms with Gasteiger partial charge in [0.05, 0.1) is 0 Å². The highest BCUT2D eigenvalue weighted by atomic mass is 19.4. The van der Waals surface area contributed by atoms with Gasteiger partial charge in [0.25, 0.3) is 0 Å². The number of primary amides is 1. The predicted octanol–water partition coefficient (Wildman–Crippen LogP) is 1.40. The fourth-order valence-electron chi connectivity index (χ4n) is 0.955. The third-order valence-electron chi connectivity index (χ3n) is 1.59. The molecule has 1 rings (SSSR count). The molecule has 0 aromatic rings. The van der Waals surface area contributed by atoms with Gasteiger partial charge in [-0.3, -0.25) is 0 Å². The van der Waals surface area contributed by atoms with Crippen molar-refractivity contribution in [3.8, 4) is 0 Å². The Bertz CT molecular complexity index is 170. The van der Waals surface area contributed by atoms with Gasteiger partial charge in [-0.15, -0.1) is 0 Å². The molecule has 0 saturated carbocycles. The molecule has 7 heteroatoms. The second-order valence-corrected chi connectivity index (χ2v) is 3.03. The summed E-state index contributed by atoms with van der Waals surface area (Å²) in [6.45, 7) is 0.877. The molecule has 1 saturated heterocycles. The van der Waals surface area contributed by atoms with Gasteiger partial charge in [-0.1, -0.05) is 6.42 Å². The molecule has 0 unspecified atom stereocenters. The van der Waals surface area contributed by atoms with Crippen LogP contribution in [0.3, 0.4) is 0 Å². The van der Waals surface area contributed by atoms with E-state index >= 15 is 0 Å². The van der Waals surface area contributed by atoms with Gasteiger partial charge in [-0.25, -0.2) is 4.79 Å². The van der Waals surface area contributed by atoms with Gasteiger partial charge >= 0.3 is 12.3 Å². The lowest BCUT2D eigenvalue weighted by Crippen LogP contribution is -2.23. The van der Waals surface area contributed by atoms with Crippen LogP contribution in [0, 0.1) is 0 Å². The molecule has 1 aliphatic heterocycles. The summed E-state index contributed by atoms with van der Waals surface area (Å²) >= 11 is 0. The molecule has 90 valence electrons. The zero-order valence-corrected chi connectivity index (χ0v) is 8.27. The minimum absolute atomic E-state index is 1.25. The second-order valence-electron chi connectivity index (χ2n) is 3.03. The standard InChI is InChI=1S/C5H11N.C3H4F3NO2/c1-2-4-6-5-3-1;4-3(5,6)1-9-2(7)8/h6H,1-5H2;1H2,(H2,7,8). The van der Waals surface area contributed by atoms with Crippen LogP contribution in [0.15, 0.2) is 0 Å². The molecule has 1 aliphatic rings. The van der Waals surface area contributed by atoms with Gasteiger partial charge in [0.1, 0.15) is 0 Å². The molecule has 0 aromatic carbocycles. The fourth-order valence-corrected chi connectivity index (χ4v) is 0.955. The molecule has 0 atom stereocenters. The first kappa shape index (κ1) is 14.0. The average molecular weight is 228 g/mol. The molecule has 0 aromatic heterocycles. The summed E-state index contributed by atoms with van der Waals surface area (Å²) < 4.78 is 36.7. The SMILES string of the molecule is C1CCNCC1.NC(=O)OCC(F)(F)F. The summed E-state index contributed by atoms with van der Waals surface area (Å²) in [6, 6.07) is 0. The minimum Gasteiger partial charge on any atom is -0.440 e. The van der Waals surface area contributed by atoms with Crippen LogP contribution in [0.4, 0.5) is 18.0 Å². The van der Waals surface area contributed by atoms with Crippen LogP contribution in [-0.2, 0) is 4.74 Å². The predicted molar refractivity (Wildman–Crippen MR) is 48.3 cm³/mol. The number of ether oxygens (including phenoxy) is 1. The number of piperidine rings is 1. The van der Waals surface area contributed by atoms with Gasteiger partial charge < -0.3 is 15.8 Å². The number of alkyl halides is 3. The summed E-state index contributed by atoms with van der Waals surface area (Å²) in [5, 5.41) is 3.28. The molecule has 1 heterocycles. The lowest BCUT2D eigenvalue weighted by atomic mass is 10.2. The second kappa shape index (κ2) is 7.33. The van der Waals surface area contributed by atoms with Crippen molar-refractivity contribution in [2.75, 3.05) is 19.7 Å². The normalized spacial score (nSPS) is 16.2. The Balaban J connectivity index is 0.000000280. The monoisotopic (exact) mass is 228 g/mol. The Morgan fingerprint density at radius 1 is 1.27 bits per heavy atom. The Kier molecular flexibility index (Phi) is 6.85. The van der Waals surface area contributed by atoms with Crippen LogP contribution in [-0.4, -0.2) is 32.0 Å². The third kappa shape index (κ3) is 13.0. The van der Waals surface area contributed by atoms with Gasteiger partial charge in [0.2, 0.25) is 0 Å². The largest absolute Gasteiger partial charge is 0.440 e. The lowest BCUT2D eigenvalue weighted by Gasteiger charge is -2.08. The summed E-state index contributed by atoms with van der Waals surface area (Å²) in [7, 11) is 0. The van der Waals surface area contributed by atoms with E-state index in [9.17, 15) is 18.0 Å². The Morgan fingerprint density at radius 3 is 1.93 bits per heavy atom. The number of carbonyl (C=O) groups is 1. The Labute approximate surface area is 86.0 Å². The van der Waals surface area contributed by atoms with Crippen LogP contribution in [0.5, 0.6) is 0 Å². The van der Waals surface area contributed by atoms with Crippen molar-refractivity contribution in [3.63, 3.8) is 0 Å². The minimum atomic E-state index is -4.49. The van der Waals surface area contributed by atoms with Crippen molar-refractivity contribution in [1.29, 1.82) is 0 Å². The number of carbonyl (C=O) groups excluding carboxylic acids is 1. The first-order valence-electron chi connectivity index (χ1n) is 4.61. The molecular weight excluding hydrogens is 213 g/mol. The number of amides is 1. The lowest BCUT2D eigenvalue weighted by molar-refractivity contribution is -0.159. The zero-order chi connectivity index (χ0) is 11.7. The summed E-state index contributed by atoms with van der Waals surface area (Å²) in [5.74, 6) is 0. The summed E-state index contributed by atoms with van der Waals surface area (Å²) in [5.41, 5.74) is 4.24. The van der Waals surface area contributed by atoms with Crippen molar-refractivity contribution >= 4 is 6.09 Å². The topological polar surface area (TPSA) is 64.3 Å². The Hall–Kier alpha value is -0.980. The van der Waals surface area contributed by atoms with Crippen LogP contribution < -0.4 is 11.1 Å². The molecule has 1 fully saturated rings. The first-order chi connectivity index (χ1) is 6.92. The highest BCUT2D eigenvalue weighted by Crippen LogP contribution is 2.13. The molecule has 0 spiro atoms. The van der Waals surface area contributed by atoms with E-state index in [2.05, 4.69) is 15.8 Å². The van der Waals surface area contributed by atoms with E-state index in [1.807, 2.05) is 0 Å². The third-order valence-corrected chi connectivity index (χ3v) is 1.59. The average Bonchev–Trinajstić information content (AvgIpc) is 2.18. The quantitative estimate of drug-likeness (QED) is 0.713.